The van der Waals surface area contributed by atoms with E-state index < -0.39 is 0 Å². The van der Waals surface area contributed by atoms with Crippen molar-refractivity contribution in [2.75, 3.05) is 0 Å². The molecule has 0 rings (SSSR count). The van der Waals surface area contributed by atoms with Gasteiger partial charge in [-0.25, -0.2) is 0 Å². The van der Waals surface area contributed by atoms with Crippen molar-refractivity contribution in [2.24, 2.45) is 5.92 Å². The summed E-state index contributed by atoms with van der Waals surface area (Å²) in [6, 6.07) is 0. The third kappa shape index (κ3) is 5.90. The van der Waals surface area contributed by atoms with E-state index in [1.54, 1.807) is 5.57 Å². The van der Waals surface area contributed by atoms with Gasteiger partial charge in [0, 0.05) is 0 Å². The molecule has 0 aliphatic carbocycles. The second-order valence-electron chi connectivity index (χ2n) is 4.01. The number of rotatable bonds is 7. The molecule has 1 unspecified atom stereocenters. The Balaban J connectivity index is 3.80. The highest BCUT2D eigenvalue weighted by Crippen LogP contribution is 2.23. The molecule has 13 heavy (non-hydrogen) atoms. The minimum Gasteiger partial charge on any atom is -0.0885 e. The van der Waals surface area contributed by atoms with E-state index in [9.17, 15) is 0 Å². The summed E-state index contributed by atoms with van der Waals surface area (Å²) >= 11 is 0. The van der Waals surface area contributed by atoms with E-state index >= 15 is 0 Å². The molecular weight excluding hydrogens is 156 g/mol. The molecule has 78 valence electrons. The summed E-state index contributed by atoms with van der Waals surface area (Å²) in [6.45, 7) is 9.01. The van der Waals surface area contributed by atoms with Crippen LogP contribution in [0.1, 0.15) is 66.2 Å². The van der Waals surface area contributed by atoms with Crippen molar-refractivity contribution in [3.63, 3.8) is 0 Å². The van der Waals surface area contributed by atoms with E-state index in [4.69, 9.17) is 0 Å². The van der Waals surface area contributed by atoms with Gasteiger partial charge in [-0.3, -0.25) is 0 Å². The molecule has 0 fully saturated rings. The lowest BCUT2D eigenvalue weighted by Crippen LogP contribution is -2.01. The predicted molar refractivity (Wildman–Crippen MR) is 62.0 cm³/mol. The Morgan fingerprint density at radius 1 is 1.08 bits per heavy atom. The first-order valence-corrected chi connectivity index (χ1v) is 5.89. The zero-order valence-electron chi connectivity index (χ0n) is 9.90. The average Bonchev–Trinajstić information content (AvgIpc) is 2.16. The minimum atomic E-state index is 0.863. The number of hydrogen-bond donors (Lipinski definition) is 0. The van der Waals surface area contributed by atoms with Crippen molar-refractivity contribution < 1.29 is 0 Å². The van der Waals surface area contributed by atoms with Crippen LogP contribution < -0.4 is 0 Å². The molecule has 0 nitrogen and oxygen atoms in total. The summed E-state index contributed by atoms with van der Waals surface area (Å²) in [6.07, 6.45) is 10.5. The van der Waals surface area contributed by atoms with Crippen LogP contribution in [-0.4, -0.2) is 0 Å². The molecule has 0 aromatic carbocycles. The van der Waals surface area contributed by atoms with E-state index in [0.717, 1.165) is 5.92 Å². The van der Waals surface area contributed by atoms with Crippen LogP contribution in [0.4, 0.5) is 0 Å². The Hall–Kier alpha value is -0.260. The third-order valence-electron chi connectivity index (χ3n) is 2.89. The fraction of sp³-hybridized carbons (Fsp3) is 0.846. The van der Waals surface area contributed by atoms with Gasteiger partial charge in [-0.15, -0.1) is 0 Å². The second-order valence-corrected chi connectivity index (χ2v) is 4.01. The van der Waals surface area contributed by atoms with Gasteiger partial charge < -0.3 is 0 Å². The number of unbranched alkanes of at least 4 members (excludes halogenated alkanes) is 2. The predicted octanol–water partition coefficient (Wildman–Crippen LogP) is 4.95. The summed E-state index contributed by atoms with van der Waals surface area (Å²) in [5.74, 6) is 0.863. The van der Waals surface area contributed by atoms with Crippen molar-refractivity contribution in [1.29, 1.82) is 0 Å². The van der Waals surface area contributed by atoms with Gasteiger partial charge >= 0.3 is 0 Å². The molecule has 0 spiro atoms. The molecular formula is C13H26. The molecule has 0 aliphatic heterocycles. The summed E-state index contributed by atoms with van der Waals surface area (Å²) in [7, 11) is 0. The monoisotopic (exact) mass is 182 g/mol. The van der Waals surface area contributed by atoms with Gasteiger partial charge in [0.25, 0.3) is 0 Å². The van der Waals surface area contributed by atoms with Crippen LogP contribution in [0.3, 0.4) is 0 Å². The zero-order valence-corrected chi connectivity index (χ0v) is 9.90. The zero-order chi connectivity index (χ0) is 10.1. The molecule has 0 aromatic rings. The van der Waals surface area contributed by atoms with Gasteiger partial charge in [0.2, 0.25) is 0 Å². The Kier molecular flexibility index (Phi) is 8.18. The van der Waals surface area contributed by atoms with Crippen LogP contribution in [0.2, 0.25) is 0 Å². The lowest BCUT2D eigenvalue weighted by atomic mass is 9.90. The van der Waals surface area contributed by atoms with Crippen LogP contribution >= 0.6 is 0 Å². The maximum atomic E-state index is 2.29. The van der Waals surface area contributed by atoms with Crippen molar-refractivity contribution >= 4 is 0 Å². The summed E-state index contributed by atoms with van der Waals surface area (Å²) < 4.78 is 0. The van der Waals surface area contributed by atoms with E-state index in [0.29, 0.717) is 0 Å². The second kappa shape index (κ2) is 8.34. The highest BCUT2D eigenvalue weighted by molar-refractivity contribution is 5.01. The topological polar surface area (TPSA) is 0 Å². The first-order chi connectivity index (χ1) is 6.26. The molecule has 0 heteroatoms. The average molecular weight is 182 g/mol. The highest BCUT2D eigenvalue weighted by atomic mass is 14.1. The van der Waals surface area contributed by atoms with Gasteiger partial charge in [0.15, 0.2) is 0 Å². The Bertz CT molecular complexity index is 133. The van der Waals surface area contributed by atoms with Gasteiger partial charge in [0.05, 0.1) is 0 Å². The van der Waals surface area contributed by atoms with Gasteiger partial charge in [-0.2, -0.15) is 0 Å². The largest absolute Gasteiger partial charge is 0.0885 e. The summed E-state index contributed by atoms with van der Waals surface area (Å²) in [5.41, 5.74) is 1.60. The molecule has 1 atom stereocenters. The Morgan fingerprint density at radius 3 is 2.23 bits per heavy atom. The first kappa shape index (κ1) is 12.7. The van der Waals surface area contributed by atoms with Crippen LogP contribution in [0.25, 0.3) is 0 Å². The molecule has 0 aromatic heterocycles. The normalized spacial score (nSPS) is 14.6. The summed E-state index contributed by atoms with van der Waals surface area (Å²) in [5, 5.41) is 0. The SMILES string of the molecule is C/C=C(/C)C(CCC)CCCCC. The molecule has 0 aliphatic rings. The maximum absolute atomic E-state index is 2.29. The molecule has 0 N–H and O–H groups in total. The van der Waals surface area contributed by atoms with Crippen LogP contribution in [0.15, 0.2) is 11.6 Å². The molecule has 0 radical (unpaired) electrons. The van der Waals surface area contributed by atoms with Crippen molar-refractivity contribution in [1.82, 2.24) is 0 Å². The molecule has 0 saturated carbocycles. The summed E-state index contributed by atoms with van der Waals surface area (Å²) in [4.78, 5) is 0. The standard InChI is InChI=1S/C13H26/c1-5-8-9-11-13(10-6-2)12(4)7-3/h7,13H,5-6,8-11H2,1-4H3/b12-7-. The first-order valence-electron chi connectivity index (χ1n) is 5.89. The molecule has 0 heterocycles. The van der Waals surface area contributed by atoms with Gasteiger partial charge in [-0.1, -0.05) is 51.2 Å². The van der Waals surface area contributed by atoms with Gasteiger partial charge in [0.1, 0.15) is 0 Å². The quantitative estimate of drug-likeness (QED) is 0.386. The van der Waals surface area contributed by atoms with Crippen molar-refractivity contribution in [3.05, 3.63) is 11.6 Å². The van der Waals surface area contributed by atoms with Crippen LogP contribution in [0, 0.1) is 5.92 Å². The minimum absolute atomic E-state index is 0.863. The Morgan fingerprint density at radius 2 is 1.77 bits per heavy atom. The molecule has 0 bridgehead atoms. The van der Waals surface area contributed by atoms with E-state index in [1.165, 1.54) is 38.5 Å². The highest BCUT2D eigenvalue weighted by Gasteiger charge is 2.07. The third-order valence-corrected chi connectivity index (χ3v) is 2.89. The lowest BCUT2D eigenvalue weighted by molar-refractivity contribution is 0.480. The van der Waals surface area contributed by atoms with E-state index in [-0.39, 0.29) is 0 Å². The van der Waals surface area contributed by atoms with E-state index in [2.05, 4.69) is 33.8 Å². The van der Waals surface area contributed by atoms with Crippen LogP contribution in [-0.2, 0) is 0 Å². The molecule has 0 amide bonds. The van der Waals surface area contributed by atoms with E-state index in [1.807, 2.05) is 0 Å². The van der Waals surface area contributed by atoms with Crippen molar-refractivity contribution in [3.8, 4) is 0 Å². The smallest absolute Gasteiger partial charge is 0.0206 e. The number of hydrogen-bond acceptors (Lipinski definition) is 0. The van der Waals surface area contributed by atoms with Crippen molar-refractivity contribution in [2.45, 2.75) is 66.2 Å². The maximum Gasteiger partial charge on any atom is -0.0206 e. The van der Waals surface area contributed by atoms with Crippen LogP contribution in [0.5, 0.6) is 0 Å². The fourth-order valence-corrected chi connectivity index (χ4v) is 1.82. The number of allylic oxidation sites excluding steroid dienone is 2. The lowest BCUT2D eigenvalue weighted by Gasteiger charge is -2.16. The molecule has 0 saturated heterocycles. The fourth-order valence-electron chi connectivity index (χ4n) is 1.82. The van der Waals surface area contributed by atoms with Gasteiger partial charge in [-0.05, 0) is 32.6 Å². The Labute approximate surface area is 84.4 Å².